The van der Waals surface area contributed by atoms with Gasteiger partial charge in [0.05, 0.1) is 6.42 Å². The zero-order valence-electron chi connectivity index (χ0n) is 9.44. The number of ketones is 1. The number of nitrogens with zero attached hydrogens (tertiary/aromatic N) is 2. The van der Waals surface area contributed by atoms with E-state index in [0.29, 0.717) is 13.0 Å². The Hall–Kier alpha value is -1.16. The minimum atomic E-state index is -0.0724. The Kier molecular flexibility index (Phi) is 4.49. The largest absolute Gasteiger partial charge is 0.335 e. The second-order valence-corrected chi connectivity index (χ2v) is 3.82. The number of carbonyl (C=O) groups excluding carboxylic acids is 1. The van der Waals surface area contributed by atoms with Crippen LogP contribution in [0.4, 0.5) is 0 Å². The van der Waals surface area contributed by atoms with Crippen LogP contribution < -0.4 is 5.73 Å². The Bertz CT molecular complexity index is 319. The van der Waals surface area contributed by atoms with Gasteiger partial charge in [-0.2, -0.15) is 0 Å². The van der Waals surface area contributed by atoms with E-state index < -0.39 is 0 Å². The summed E-state index contributed by atoms with van der Waals surface area (Å²) in [6.07, 6.45) is 5.10. The maximum absolute atomic E-state index is 11.7. The van der Waals surface area contributed by atoms with Crippen molar-refractivity contribution in [2.45, 2.75) is 33.2 Å². The Morgan fingerprint density at radius 3 is 3.00 bits per heavy atom. The van der Waals surface area contributed by atoms with Crippen LogP contribution in [0.5, 0.6) is 0 Å². The van der Waals surface area contributed by atoms with Crippen LogP contribution in [0, 0.1) is 5.92 Å². The third kappa shape index (κ3) is 3.16. The van der Waals surface area contributed by atoms with Crippen molar-refractivity contribution < 1.29 is 4.79 Å². The molecular weight excluding hydrogens is 190 g/mol. The number of Topliss-reactive ketones (excluding diaryl/α,β-unsaturated/α-hetero) is 1. The van der Waals surface area contributed by atoms with Gasteiger partial charge in [0, 0.05) is 31.4 Å². The first-order valence-corrected chi connectivity index (χ1v) is 5.41. The third-order valence-electron chi connectivity index (χ3n) is 2.50. The molecule has 0 fully saturated rings. The van der Waals surface area contributed by atoms with E-state index in [2.05, 4.69) is 11.9 Å². The van der Waals surface area contributed by atoms with Crippen molar-refractivity contribution in [3.05, 3.63) is 18.2 Å². The maximum Gasteiger partial charge on any atom is 0.144 e. The highest BCUT2D eigenvalue weighted by Gasteiger charge is 2.14. The molecule has 0 saturated heterocycles. The summed E-state index contributed by atoms with van der Waals surface area (Å²) >= 11 is 0. The molecule has 4 heteroatoms. The molecule has 1 heterocycles. The Balaban J connectivity index is 2.63. The summed E-state index contributed by atoms with van der Waals surface area (Å²) < 4.78 is 2.03. The second-order valence-electron chi connectivity index (χ2n) is 3.82. The van der Waals surface area contributed by atoms with Crippen LogP contribution in [0.2, 0.25) is 0 Å². The molecule has 0 bridgehead atoms. The molecular formula is C11H19N3O. The van der Waals surface area contributed by atoms with Gasteiger partial charge in [0.2, 0.25) is 0 Å². The average molecular weight is 209 g/mol. The minimum absolute atomic E-state index is 0.0724. The van der Waals surface area contributed by atoms with Gasteiger partial charge in [-0.1, -0.05) is 13.8 Å². The summed E-state index contributed by atoms with van der Waals surface area (Å²) in [5.74, 6) is 0.944. The van der Waals surface area contributed by atoms with Crippen LogP contribution in [0.1, 0.15) is 26.1 Å². The molecule has 4 nitrogen and oxygen atoms in total. The number of aryl methyl sites for hydroxylation is 1. The monoisotopic (exact) mass is 209 g/mol. The number of aromatic nitrogens is 2. The third-order valence-corrected chi connectivity index (χ3v) is 2.50. The quantitative estimate of drug-likeness (QED) is 0.760. The normalized spacial score (nSPS) is 12.7. The number of carbonyl (C=O) groups is 1. The molecule has 1 aromatic heterocycles. The molecule has 0 saturated carbocycles. The summed E-state index contributed by atoms with van der Waals surface area (Å²) in [7, 11) is 0. The van der Waals surface area contributed by atoms with Gasteiger partial charge in [-0.25, -0.2) is 4.98 Å². The van der Waals surface area contributed by atoms with Crippen molar-refractivity contribution in [2.75, 3.05) is 6.54 Å². The lowest BCUT2D eigenvalue weighted by Gasteiger charge is -2.08. The van der Waals surface area contributed by atoms with Crippen molar-refractivity contribution in [3.63, 3.8) is 0 Å². The predicted molar refractivity (Wildman–Crippen MR) is 59.4 cm³/mol. The Morgan fingerprint density at radius 2 is 2.40 bits per heavy atom. The topological polar surface area (TPSA) is 60.9 Å². The van der Waals surface area contributed by atoms with E-state index in [1.165, 1.54) is 0 Å². The summed E-state index contributed by atoms with van der Waals surface area (Å²) in [6, 6.07) is 0. The Labute approximate surface area is 90.5 Å². The maximum atomic E-state index is 11.7. The van der Waals surface area contributed by atoms with Gasteiger partial charge in [-0.3, -0.25) is 4.79 Å². The van der Waals surface area contributed by atoms with Crippen LogP contribution in [0.15, 0.2) is 12.4 Å². The highest BCUT2D eigenvalue weighted by Crippen LogP contribution is 2.05. The standard InChI is InChI=1S/C11H19N3O/c1-3-5-14-6-4-13-11(14)7-10(15)9(2)8-12/h4,6,9H,3,5,7-8,12H2,1-2H3. The molecule has 1 aromatic rings. The van der Waals surface area contributed by atoms with Gasteiger partial charge >= 0.3 is 0 Å². The van der Waals surface area contributed by atoms with Crippen molar-refractivity contribution in [3.8, 4) is 0 Å². The van der Waals surface area contributed by atoms with E-state index >= 15 is 0 Å². The molecule has 0 aliphatic rings. The van der Waals surface area contributed by atoms with Crippen molar-refractivity contribution >= 4 is 5.78 Å². The molecule has 0 aliphatic carbocycles. The molecule has 2 N–H and O–H groups in total. The van der Waals surface area contributed by atoms with Crippen molar-refractivity contribution in [1.82, 2.24) is 9.55 Å². The van der Waals surface area contributed by atoms with Gasteiger partial charge in [0.25, 0.3) is 0 Å². The van der Waals surface area contributed by atoms with Gasteiger partial charge in [0.15, 0.2) is 0 Å². The lowest BCUT2D eigenvalue weighted by atomic mass is 10.0. The first kappa shape index (κ1) is 11.9. The van der Waals surface area contributed by atoms with E-state index in [-0.39, 0.29) is 11.7 Å². The SMILES string of the molecule is CCCn1ccnc1CC(=O)C(C)CN. The van der Waals surface area contributed by atoms with Gasteiger partial charge in [-0.05, 0) is 6.42 Å². The van der Waals surface area contributed by atoms with Crippen LogP contribution in [-0.2, 0) is 17.8 Å². The molecule has 0 spiro atoms. The molecule has 1 atom stereocenters. The summed E-state index contributed by atoms with van der Waals surface area (Å²) in [6.45, 7) is 5.29. The molecule has 1 rings (SSSR count). The van der Waals surface area contributed by atoms with Crippen LogP contribution in [0.3, 0.4) is 0 Å². The molecule has 84 valence electrons. The van der Waals surface area contributed by atoms with E-state index in [1.807, 2.05) is 17.7 Å². The fourth-order valence-corrected chi connectivity index (χ4v) is 1.41. The van der Waals surface area contributed by atoms with Crippen LogP contribution in [-0.4, -0.2) is 21.9 Å². The number of imidazole rings is 1. The predicted octanol–water partition coefficient (Wildman–Crippen LogP) is 1.000. The fraction of sp³-hybridized carbons (Fsp3) is 0.636. The second kappa shape index (κ2) is 5.66. The molecule has 15 heavy (non-hydrogen) atoms. The first-order valence-electron chi connectivity index (χ1n) is 5.41. The molecule has 1 unspecified atom stereocenters. The Morgan fingerprint density at radius 1 is 1.67 bits per heavy atom. The minimum Gasteiger partial charge on any atom is -0.335 e. The van der Waals surface area contributed by atoms with Gasteiger partial charge in [-0.15, -0.1) is 0 Å². The number of nitrogens with two attached hydrogens (primary N) is 1. The van der Waals surface area contributed by atoms with E-state index in [9.17, 15) is 4.79 Å². The van der Waals surface area contributed by atoms with E-state index in [4.69, 9.17) is 5.73 Å². The number of hydrogen-bond acceptors (Lipinski definition) is 3. The summed E-state index contributed by atoms with van der Waals surface area (Å²) in [5.41, 5.74) is 5.45. The van der Waals surface area contributed by atoms with Crippen molar-refractivity contribution in [1.29, 1.82) is 0 Å². The number of rotatable bonds is 6. The average Bonchev–Trinajstić information content (AvgIpc) is 2.65. The van der Waals surface area contributed by atoms with Crippen LogP contribution in [0.25, 0.3) is 0 Å². The molecule has 0 aliphatic heterocycles. The molecule has 0 aromatic carbocycles. The molecule has 0 amide bonds. The lowest BCUT2D eigenvalue weighted by Crippen LogP contribution is -2.23. The van der Waals surface area contributed by atoms with Crippen molar-refractivity contribution in [2.24, 2.45) is 11.7 Å². The zero-order chi connectivity index (χ0) is 11.3. The highest BCUT2D eigenvalue weighted by atomic mass is 16.1. The lowest BCUT2D eigenvalue weighted by molar-refractivity contribution is -0.121. The van der Waals surface area contributed by atoms with Gasteiger partial charge in [0.1, 0.15) is 11.6 Å². The van der Waals surface area contributed by atoms with Gasteiger partial charge < -0.3 is 10.3 Å². The zero-order valence-corrected chi connectivity index (χ0v) is 9.44. The fourth-order valence-electron chi connectivity index (χ4n) is 1.41. The summed E-state index contributed by atoms with van der Waals surface area (Å²) in [4.78, 5) is 15.9. The smallest absolute Gasteiger partial charge is 0.144 e. The highest BCUT2D eigenvalue weighted by molar-refractivity contribution is 5.82. The number of hydrogen-bond donors (Lipinski definition) is 1. The summed E-state index contributed by atoms with van der Waals surface area (Å²) in [5, 5.41) is 0. The van der Waals surface area contributed by atoms with Crippen LogP contribution >= 0.6 is 0 Å². The van der Waals surface area contributed by atoms with E-state index in [1.54, 1.807) is 6.20 Å². The molecule has 0 radical (unpaired) electrons. The van der Waals surface area contributed by atoms with E-state index in [0.717, 1.165) is 18.8 Å². The first-order chi connectivity index (χ1) is 7.19.